The van der Waals surface area contributed by atoms with Gasteiger partial charge in [0.25, 0.3) is 0 Å². The Morgan fingerprint density at radius 3 is 1.12 bits per heavy atom. The first-order valence-electron chi connectivity index (χ1n) is 11.0. The predicted octanol–water partition coefficient (Wildman–Crippen LogP) is 4.42. The highest BCUT2D eigenvalue weighted by Crippen LogP contribution is 2.41. The summed E-state index contributed by atoms with van der Waals surface area (Å²) in [5.41, 5.74) is 0. The average molecular weight is 476 g/mol. The average Bonchev–Trinajstić information content (AvgIpc) is 2.90. The highest BCUT2D eigenvalue weighted by molar-refractivity contribution is 7.80. The van der Waals surface area contributed by atoms with E-state index in [1.54, 1.807) is 12.1 Å². The summed E-state index contributed by atoms with van der Waals surface area (Å²) in [6.07, 6.45) is 0. The minimum atomic E-state index is -1.13. The molecule has 0 aliphatic heterocycles. The largest absolute Gasteiger partial charge is 0.872 e. The van der Waals surface area contributed by atoms with Crippen LogP contribution in [-0.2, 0) is 5.11 Å². The third-order valence-electron chi connectivity index (χ3n) is 5.58. The van der Waals surface area contributed by atoms with Gasteiger partial charge in [-0.2, -0.15) is 0 Å². The summed E-state index contributed by atoms with van der Waals surface area (Å²) in [5, 5.41) is 32.7. The predicted molar refractivity (Wildman–Crippen MR) is 143 cm³/mol. The van der Waals surface area contributed by atoms with Crippen molar-refractivity contribution in [3.05, 3.63) is 133 Å². The summed E-state index contributed by atoms with van der Waals surface area (Å²) >= 11 is 0. The molecule has 0 heterocycles. The SMILES string of the molecule is [O]c1cc(P(c2ccccc2)c2ccccc2)c([O-])cc1P(c1ccccc1)c1ccccc1. The van der Waals surface area contributed by atoms with E-state index in [0.717, 1.165) is 21.2 Å². The summed E-state index contributed by atoms with van der Waals surface area (Å²) in [5.74, 6) is -0.152. The van der Waals surface area contributed by atoms with Gasteiger partial charge in [0.1, 0.15) is 0 Å². The van der Waals surface area contributed by atoms with E-state index >= 15 is 0 Å². The number of hydrogen-bond donors (Lipinski definition) is 0. The third-order valence-corrected chi connectivity index (χ3v) is 10.5. The van der Waals surface area contributed by atoms with Crippen LogP contribution in [0.5, 0.6) is 11.5 Å². The normalized spacial score (nSPS) is 11.1. The highest BCUT2D eigenvalue weighted by atomic mass is 31.1. The van der Waals surface area contributed by atoms with Gasteiger partial charge < -0.3 is 5.11 Å². The Morgan fingerprint density at radius 2 is 0.765 bits per heavy atom. The van der Waals surface area contributed by atoms with Gasteiger partial charge in [-0.3, -0.25) is 5.11 Å². The van der Waals surface area contributed by atoms with Crippen LogP contribution in [0, 0.1) is 0 Å². The van der Waals surface area contributed by atoms with E-state index < -0.39 is 15.8 Å². The fourth-order valence-electron chi connectivity index (χ4n) is 4.05. The lowest BCUT2D eigenvalue weighted by Crippen LogP contribution is -2.27. The topological polar surface area (TPSA) is 43.0 Å². The summed E-state index contributed by atoms with van der Waals surface area (Å²) in [4.78, 5) is 0. The molecular formula is C30H22O2P2-. The smallest absolute Gasteiger partial charge is 0.187 e. The molecule has 0 unspecified atom stereocenters. The molecule has 0 amide bonds. The van der Waals surface area contributed by atoms with Gasteiger partial charge in [-0.1, -0.05) is 133 Å². The lowest BCUT2D eigenvalue weighted by Gasteiger charge is -2.27. The minimum absolute atomic E-state index is 0.0761. The van der Waals surface area contributed by atoms with E-state index in [1.165, 1.54) is 0 Å². The molecule has 2 nitrogen and oxygen atoms in total. The molecule has 0 aliphatic carbocycles. The second kappa shape index (κ2) is 10.2. The zero-order chi connectivity index (χ0) is 23.3. The maximum atomic E-state index is 13.6. The molecule has 0 fully saturated rings. The fraction of sp³-hybridized carbons (Fsp3) is 0. The Morgan fingerprint density at radius 1 is 0.441 bits per heavy atom. The first kappa shape index (κ1) is 22.4. The minimum Gasteiger partial charge on any atom is -0.872 e. The van der Waals surface area contributed by atoms with Crippen LogP contribution < -0.4 is 36.9 Å². The van der Waals surface area contributed by atoms with Crippen molar-refractivity contribution in [2.75, 3.05) is 0 Å². The zero-order valence-corrected chi connectivity index (χ0v) is 20.2. The molecule has 1 radical (unpaired) electrons. The van der Waals surface area contributed by atoms with Gasteiger partial charge in [-0.25, -0.2) is 0 Å². The number of hydrogen-bond acceptors (Lipinski definition) is 1. The van der Waals surface area contributed by atoms with Crippen LogP contribution in [0.1, 0.15) is 0 Å². The first-order valence-corrected chi connectivity index (χ1v) is 13.7. The summed E-state index contributed by atoms with van der Waals surface area (Å²) < 4.78 is 0. The van der Waals surface area contributed by atoms with Crippen molar-refractivity contribution in [2.45, 2.75) is 0 Å². The van der Waals surface area contributed by atoms with Crippen LogP contribution in [0.4, 0.5) is 0 Å². The summed E-state index contributed by atoms with van der Waals surface area (Å²) in [6, 6.07) is 43.2. The van der Waals surface area contributed by atoms with E-state index in [1.807, 2.05) is 121 Å². The van der Waals surface area contributed by atoms with Crippen LogP contribution in [0.3, 0.4) is 0 Å². The monoisotopic (exact) mass is 476 g/mol. The lowest BCUT2D eigenvalue weighted by atomic mass is 10.3. The van der Waals surface area contributed by atoms with Crippen LogP contribution >= 0.6 is 15.8 Å². The molecule has 0 saturated carbocycles. The second-order valence-electron chi connectivity index (χ2n) is 7.80. The van der Waals surface area contributed by atoms with E-state index in [0.29, 0.717) is 10.6 Å². The first-order chi connectivity index (χ1) is 16.7. The molecule has 0 spiro atoms. The maximum Gasteiger partial charge on any atom is 0.187 e. The summed E-state index contributed by atoms with van der Waals surface area (Å²) in [7, 11) is -2.26. The highest BCUT2D eigenvalue weighted by Gasteiger charge is 2.24. The Labute approximate surface area is 202 Å². The van der Waals surface area contributed by atoms with Crippen molar-refractivity contribution < 1.29 is 10.2 Å². The Kier molecular flexibility index (Phi) is 6.72. The van der Waals surface area contributed by atoms with Gasteiger partial charge in [-0.15, -0.1) is 0 Å². The molecule has 4 heteroatoms. The van der Waals surface area contributed by atoms with Crippen LogP contribution in [0.2, 0.25) is 0 Å². The standard InChI is InChI=1S/C30H23O2P2/c31-27-22-30(34(25-17-9-3-10-18-25)26-19-11-4-12-20-26)28(32)21-29(27)33(23-13-5-1-6-14-23)24-15-7-2-8-16-24/h1-22,31H/p-1. The molecule has 5 aromatic rings. The molecule has 34 heavy (non-hydrogen) atoms. The van der Waals surface area contributed by atoms with E-state index in [-0.39, 0.29) is 11.5 Å². The number of rotatable bonds is 6. The molecule has 165 valence electrons. The van der Waals surface area contributed by atoms with Crippen molar-refractivity contribution >= 4 is 47.7 Å². The lowest BCUT2D eigenvalue weighted by molar-refractivity contribution is -0.266. The van der Waals surface area contributed by atoms with Crippen LogP contribution in [0.15, 0.2) is 133 Å². The third kappa shape index (κ3) is 4.62. The molecule has 0 N–H and O–H groups in total. The van der Waals surface area contributed by atoms with Crippen molar-refractivity contribution in [2.24, 2.45) is 0 Å². The van der Waals surface area contributed by atoms with E-state index in [9.17, 15) is 10.2 Å². The van der Waals surface area contributed by atoms with Crippen LogP contribution in [-0.4, -0.2) is 0 Å². The van der Waals surface area contributed by atoms with Gasteiger partial charge in [0.15, 0.2) is 5.75 Å². The Balaban J connectivity index is 1.67. The fourth-order valence-corrected chi connectivity index (χ4v) is 8.70. The van der Waals surface area contributed by atoms with Gasteiger partial charge >= 0.3 is 0 Å². The Hall–Kier alpha value is -3.44. The zero-order valence-electron chi connectivity index (χ0n) is 18.4. The molecule has 5 rings (SSSR count). The molecule has 0 aliphatic rings. The van der Waals surface area contributed by atoms with Gasteiger partial charge in [0.2, 0.25) is 0 Å². The molecule has 0 aromatic heterocycles. The molecular weight excluding hydrogens is 454 g/mol. The molecule has 0 atom stereocenters. The van der Waals surface area contributed by atoms with Crippen molar-refractivity contribution in [1.29, 1.82) is 0 Å². The molecule has 0 bridgehead atoms. The quantitative estimate of drug-likeness (QED) is 0.335. The van der Waals surface area contributed by atoms with E-state index in [4.69, 9.17) is 0 Å². The van der Waals surface area contributed by atoms with Gasteiger partial charge in [-0.05, 0) is 48.4 Å². The summed E-state index contributed by atoms with van der Waals surface area (Å²) in [6.45, 7) is 0. The van der Waals surface area contributed by atoms with Gasteiger partial charge in [0.05, 0.1) is 0 Å². The Bertz CT molecular complexity index is 1170. The van der Waals surface area contributed by atoms with Crippen molar-refractivity contribution in [3.63, 3.8) is 0 Å². The molecule has 0 saturated heterocycles. The number of benzene rings is 5. The maximum absolute atomic E-state index is 13.6. The van der Waals surface area contributed by atoms with Crippen molar-refractivity contribution in [3.8, 4) is 11.5 Å². The van der Waals surface area contributed by atoms with E-state index in [2.05, 4.69) is 0 Å². The second-order valence-corrected chi connectivity index (χ2v) is 12.2. The van der Waals surface area contributed by atoms with Crippen LogP contribution in [0.25, 0.3) is 0 Å². The van der Waals surface area contributed by atoms with Gasteiger partial charge in [0, 0.05) is 5.30 Å². The van der Waals surface area contributed by atoms with Crippen molar-refractivity contribution in [1.82, 2.24) is 0 Å². The molecule has 5 aromatic carbocycles.